The maximum atomic E-state index is 12.3. The Kier molecular flexibility index (Phi) is 6.39. The molecule has 1 aliphatic heterocycles. The number of aromatic nitrogens is 3. The summed E-state index contributed by atoms with van der Waals surface area (Å²) in [4.78, 5) is 39.0. The molecule has 1 aromatic carbocycles. The molecule has 0 aliphatic carbocycles. The molecule has 2 heterocycles. The third-order valence-electron chi connectivity index (χ3n) is 4.25. The van der Waals surface area contributed by atoms with Crippen molar-refractivity contribution in [2.45, 2.75) is 5.03 Å². The molecule has 11 nitrogen and oxygen atoms in total. The van der Waals surface area contributed by atoms with Crippen LogP contribution < -0.4 is 21.5 Å². The number of H-pyrrole nitrogens is 2. The third-order valence-corrected chi connectivity index (χ3v) is 6.51. The summed E-state index contributed by atoms with van der Waals surface area (Å²) in [6.07, 6.45) is 1.19. The summed E-state index contributed by atoms with van der Waals surface area (Å²) in [6.45, 7) is 1.76. The minimum atomic E-state index is -3.22. The summed E-state index contributed by atoms with van der Waals surface area (Å²) in [5.74, 6) is -0.414. The standard InChI is InChI=1S/C16H20N6O5S2/c1-29(26,27)22-8-6-21(7-9-22)12-5-3-2-4-11(12)17-13(23)10-28-15-14(24)18-16(25)20-19-15/h2-5H,6-10H2,1H3,(H,17,23)(H2,18,20,24,25). The second kappa shape index (κ2) is 8.80. The second-order valence-corrected chi connectivity index (χ2v) is 9.26. The van der Waals surface area contributed by atoms with Gasteiger partial charge in [0.15, 0.2) is 5.03 Å². The fourth-order valence-electron chi connectivity index (χ4n) is 2.87. The lowest BCUT2D eigenvalue weighted by atomic mass is 10.2. The van der Waals surface area contributed by atoms with Gasteiger partial charge in [0, 0.05) is 26.2 Å². The zero-order valence-electron chi connectivity index (χ0n) is 15.5. The van der Waals surface area contributed by atoms with E-state index in [2.05, 4.69) is 15.5 Å². The summed E-state index contributed by atoms with van der Waals surface area (Å²) in [7, 11) is -3.22. The van der Waals surface area contributed by atoms with E-state index in [0.29, 0.717) is 31.9 Å². The molecule has 1 aliphatic rings. The Hall–Kier alpha value is -2.64. The van der Waals surface area contributed by atoms with Crippen LogP contribution in [0.15, 0.2) is 38.9 Å². The highest BCUT2D eigenvalue weighted by atomic mass is 32.2. The number of amides is 1. The van der Waals surface area contributed by atoms with E-state index in [4.69, 9.17) is 0 Å². The lowest BCUT2D eigenvalue weighted by molar-refractivity contribution is -0.113. The monoisotopic (exact) mass is 440 g/mol. The summed E-state index contributed by atoms with van der Waals surface area (Å²) in [5.41, 5.74) is 0.0117. The van der Waals surface area contributed by atoms with Gasteiger partial charge in [0.05, 0.1) is 23.4 Å². The fraction of sp³-hybridized carbons (Fsp3) is 0.375. The number of nitrogens with one attached hydrogen (secondary N) is 3. The average Bonchev–Trinajstić information content (AvgIpc) is 2.67. The number of aromatic amines is 2. The van der Waals surface area contributed by atoms with Crippen molar-refractivity contribution in [1.29, 1.82) is 0 Å². The van der Waals surface area contributed by atoms with E-state index in [9.17, 15) is 22.8 Å². The van der Waals surface area contributed by atoms with Gasteiger partial charge in [-0.05, 0) is 12.1 Å². The van der Waals surface area contributed by atoms with E-state index >= 15 is 0 Å². The lowest BCUT2D eigenvalue weighted by Crippen LogP contribution is -2.48. The molecule has 1 aromatic heterocycles. The number of benzene rings is 1. The molecule has 29 heavy (non-hydrogen) atoms. The SMILES string of the molecule is CS(=O)(=O)N1CCN(c2ccccc2NC(=O)CSc2n[nH]c(=O)[nH]c2=O)CC1. The van der Waals surface area contributed by atoms with Crippen LogP contribution in [0.3, 0.4) is 0 Å². The lowest BCUT2D eigenvalue weighted by Gasteiger charge is -2.35. The highest BCUT2D eigenvalue weighted by Gasteiger charge is 2.24. The predicted octanol–water partition coefficient (Wildman–Crippen LogP) is -0.729. The summed E-state index contributed by atoms with van der Waals surface area (Å²) >= 11 is 0.904. The van der Waals surface area contributed by atoms with Crippen molar-refractivity contribution in [1.82, 2.24) is 19.5 Å². The van der Waals surface area contributed by atoms with Gasteiger partial charge < -0.3 is 10.2 Å². The van der Waals surface area contributed by atoms with Crippen LogP contribution in [0.2, 0.25) is 0 Å². The largest absolute Gasteiger partial charge is 0.367 e. The van der Waals surface area contributed by atoms with E-state index < -0.39 is 21.3 Å². The van der Waals surface area contributed by atoms with Crippen LogP contribution in [-0.2, 0) is 14.8 Å². The molecule has 3 N–H and O–H groups in total. The number of anilines is 2. The number of sulfonamides is 1. The molecule has 0 bridgehead atoms. The van der Waals surface area contributed by atoms with Crippen molar-refractivity contribution >= 4 is 39.1 Å². The summed E-state index contributed by atoms with van der Waals surface area (Å²) < 4.78 is 24.8. The number of hydrogen-bond acceptors (Lipinski definition) is 8. The van der Waals surface area contributed by atoms with Crippen molar-refractivity contribution < 1.29 is 13.2 Å². The Balaban J connectivity index is 1.64. The molecular formula is C16H20N6O5S2. The van der Waals surface area contributed by atoms with Gasteiger partial charge in [-0.1, -0.05) is 23.9 Å². The fourth-order valence-corrected chi connectivity index (χ4v) is 4.33. The van der Waals surface area contributed by atoms with Crippen LogP contribution in [-0.4, -0.2) is 72.0 Å². The number of piperazine rings is 1. The molecule has 0 spiro atoms. The number of hydrogen-bond donors (Lipinski definition) is 3. The Morgan fingerprint density at radius 3 is 2.55 bits per heavy atom. The van der Waals surface area contributed by atoms with E-state index in [0.717, 1.165) is 17.4 Å². The molecule has 2 aromatic rings. The molecule has 13 heteroatoms. The molecule has 3 rings (SSSR count). The predicted molar refractivity (Wildman–Crippen MR) is 110 cm³/mol. The minimum Gasteiger partial charge on any atom is -0.367 e. The zero-order valence-corrected chi connectivity index (χ0v) is 17.2. The quantitative estimate of drug-likeness (QED) is 0.498. The summed E-state index contributed by atoms with van der Waals surface area (Å²) in [6, 6.07) is 7.23. The number of para-hydroxylation sites is 2. The van der Waals surface area contributed by atoms with Crippen molar-refractivity contribution in [2.24, 2.45) is 0 Å². The molecule has 1 fully saturated rings. The molecule has 1 amide bonds. The van der Waals surface area contributed by atoms with Crippen molar-refractivity contribution in [3.63, 3.8) is 0 Å². The van der Waals surface area contributed by atoms with Crippen molar-refractivity contribution in [3.8, 4) is 0 Å². The van der Waals surface area contributed by atoms with Crippen LogP contribution in [0.5, 0.6) is 0 Å². The van der Waals surface area contributed by atoms with Crippen LogP contribution in [0.4, 0.5) is 11.4 Å². The number of carbonyl (C=O) groups is 1. The first-order chi connectivity index (χ1) is 13.7. The molecule has 0 atom stereocenters. The van der Waals surface area contributed by atoms with E-state index in [1.165, 1.54) is 10.6 Å². The Bertz CT molecular complexity index is 1110. The first-order valence-corrected chi connectivity index (χ1v) is 11.5. The molecule has 156 valence electrons. The smallest absolute Gasteiger partial charge is 0.342 e. The third kappa shape index (κ3) is 5.46. The van der Waals surface area contributed by atoms with Crippen LogP contribution in [0, 0.1) is 0 Å². The molecule has 1 saturated heterocycles. The topological polar surface area (TPSA) is 148 Å². The Morgan fingerprint density at radius 2 is 1.90 bits per heavy atom. The van der Waals surface area contributed by atoms with Crippen molar-refractivity contribution in [2.75, 3.05) is 48.4 Å². The highest BCUT2D eigenvalue weighted by molar-refractivity contribution is 7.99. The normalized spacial score (nSPS) is 15.3. The number of nitrogens with zero attached hydrogens (tertiary/aromatic N) is 3. The molecule has 0 saturated carbocycles. The maximum Gasteiger partial charge on any atom is 0.342 e. The number of thioether (sulfide) groups is 1. The molecular weight excluding hydrogens is 420 g/mol. The molecule has 0 unspecified atom stereocenters. The van der Waals surface area contributed by atoms with Gasteiger partial charge in [-0.2, -0.15) is 9.40 Å². The van der Waals surface area contributed by atoms with Crippen LogP contribution in [0.1, 0.15) is 0 Å². The van der Waals surface area contributed by atoms with E-state index in [1.807, 2.05) is 22.0 Å². The van der Waals surface area contributed by atoms with Gasteiger partial charge in [-0.15, -0.1) is 0 Å². The first-order valence-electron chi connectivity index (χ1n) is 8.65. The number of rotatable bonds is 6. The number of carbonyl (C=O) groups excluding carboxylic acids is 1. The van der Waals surface area contributed by atoms with Gasteiger partial charge in [-0.25, -0.2) is 18.3 Å². The maximum absolute atomic E-state index is 12.3. The summed E-state index contributed by atoms with van der Waals surface area (Å²) in [5, 5.41) is 8.52. The highest BCUT2D eigenvalue weighted by Crippen LogP contribution is 2.27. The van der Waals surface area contributed by atoms with E-state index in [-0.39, 0.29) is 16.7 Å². The molecule has 0 radical (unpaired) electrons. The average molecular weight is 441 g/mol. The van der Waals surface area contributed by atoms with Gasteiger partial charge in [0.2, 0.25) is 15.9 Å². The first kappa shape index (κ1) is 21.1. The second-order valence-electron chi connectivity index (χ2n) is 6.32. The Labute approximate surface area is 170 Å². The van der Waals surface area contributed by atoms with Crippen LogP contribution in [0.25, 0.3) is 0 Å². The minimum absolute atomic E-state index is 0.00932. The van der Waals surface area contributed by atoms with Crippen LogP contribution >= 0.6 is 11.8 Å². The van der Waals surface area contributed by atoms with Gasteiger partial charge >= 0.3 is 5.69 Å². The van der Waals surface area contributed by atoms with Gasteiger partial charge in [0.1, 0.15) is 0 Å². The van der Waals surface area contributed by atoms with Crippen molar-refractivity contribution in [3.05, 3.63) is 45.1 Å². The van der Waals surface area contributed by atoms with Gasteiger partial charge in [0.25, 0.3) is 5.56 Å². The van der Waals surface area contributed by atoms with E-state index in [1.54, 1.807) is 12.1 Å². The zero-order chi connectivity index (χ0) is 21.0. The Morgan fingerprint density at radius 1 is 1.21 bits per heavy atom. The van der Waals surface area contributed by atoms with Gasteiger partial charge in [-0.3, -0.25) is 14.6 Å².